The van der Waals surface area contributed by atoms with Crippen molar-refractivity contribution in [2.75, 3.05) is 11.9 Å². The van der Waals surface area contributed by atoms with E-state index in [-0.39, 0.29) is 11.8 Å². The third kappa shape index (κ3) is 5.97. The van der Waals surface area contributed by atoms with Crippen LogP contribution in [0.15, 0.2) is 83.8 Å². The first-order valence-electron chi connectivity index (χ1n) is 10.8. The fourth-order valence-electron chi connectivity index (χ4n) is 3.50. The van der Waals surface area contributed by atoms with E-state index in [1.165, 1.54) is 17.3 Å². The van der Waals surface area contributed by atoms with Crippen LogP contribution in [0.1, 0.15) is 24.0 Å². The Balaban J connectivity index is 1.27. The molecule has 1 aliphatic heterocycles. The van der Waals surface area contributed by atoms with E-state index in [1.807, 2.05) is 79.7 Å². The van der Waals surface area contributed by atoms with Crippen molar-refractivity contribution in [1.82, 2.24) is 4.90 Å². The Morgan fingerprint density at radius 3 is 2.33 bits per heavy atom. The molecule has 2 amide bonds. The molecule has 4 nitrogen and oxygen atoms in total. The number of nitrogens with zero attached hydrogens (tertiary/aromatic N) is 1. The summed E-state index contributed by atoms with van der Waals surface area (Å²) in [5, 5.41) is 2.92. The highest BCUT2D eigenvalue weighted by molar-refractivity contribution is 8.26. The molecule has 3 aromatic rings. The van der Waals surface area contributed by atoms with E-state index in [1.54, 1.807) is 4.90 Å². The number of nitrogens with one attached hydrogen (secondary N) is 1. The number of rotatable bonds is 7. The number of hydrogen-bond donors (Lipinski definition) is 1. The highest BCUT2D eigenvalue weighted by atomic mass is 32.2. The van der Waals surface area contributed by atoms with E-state index in [0.717, 1.165) is 22.4 Å². The Morgan fingerprint density at radius 2 is 1.64 bits per heavy atom. The summed E-state index contributed by atoms with van der Waals surface area (Å²) in [5.74, 6) is -0.175. The first kappa shape index (κ1) is 23.0. The maximum atomic E-state index is 12.8. The molecule has 0 saturated carbocycles. The normalized spacial score (nSPS) is 14.7. The van der Waals surface area contributed by atoms with E-state index >= 15 is 0 Å². The van der Waals surface area contributed by atoms with Crippen molar-refractivity contribution in [3.8, 4) is 11.1 Å². The van der Waals surface area contributed by atoms with E-state index < -0.39 is 0 Å². The molecule has 1 fully saturated rings. The van der Waals surface area contributed by atoms with Crippen LogP contribution in [0.5, 0.6) is 0 Å². The third-order valence-electron chi connectivity index (χ3n) is 5.31. The molecule has 1 N–H and O–H groups in total. The number of thioether (sulfide) groups is 1. The van der Waals surface area contributed by atoms with Crippen molar-refractivity contribution < 1.29 is 9.59 Å². The van der Waals surface area contributed by atoms with Gasteiger partial charge in [-0.3, -0.25) is 14.5 Å². The molecule has 3 aromatic carbocycles. The van der Waals surface area contributed by atoms with Crippen molar-refractivity contribution >= 4 is 51.9 Å². The molecule has 0 aromatic heterocycles. The highest BCUT2D eigenvalue weighted by Gasteiger charge is 2.31. The number of aryl methyl sites for hydroxylation is 1. The second-order valence-electron chi connectivity index (χ2n) is 7.84. The van der Waals surface area contributed by atoms with Crippen LogP contribution in [0.25, 0.3) is 17.2 Å². The van der Waals surface area contributed by atoms with Gasteiger partial charge in [0, 0.05) is 18.7 Å². The van der Waals surface area contributed by atoms with E-state index in [2.05, 4.69) is 17.4 Å². The Bertz CT molecular complexity index is 1190. The molecule has 0 spiro atoms. The van der Waals surface area contributed by atoms with Crippen LogP contribution in [0, 0.1) is 6.92 Å². The predicted molar refractivity (Wildman–Crippen MR) is 141 cm³/mol. The van der Waals surface area contributed by atoms with Crippen LogP contribution < -0.4 is 5.32 Å². The van der Waals surface area contributed by atoms with Gasteiger partial charge in [0.25, 0.3) is 5.91 Å². The minimum atomic E-state index is -0.0949. The number of carbonyl (C=O) groups excluding carboxylic acids is 2. The maximum Gasteiger partial charge on any atom is 0.266 e. The largest absolute Gasteiger partial charge is 0.326 e. The lowest BCUT2D eigenvalue weighted by molar-refractivity contribution is -0.122. The van der Waals surface area contributed by atoms with Crippen molar-refractivity contribution in [1.29, 1.82) is 0 Å². The summed E-state index contributed by atoms with van der Waals surface area (Å²) < 4.78 is 0.537. The Kier molecular flexibility index (Phi) is 7.37. The second kappa shape index (κ2) is 10.6. The molecule has 6 heteroatoms. The topological polar surface area (TPSA) is 49.4 Å². The van der Waals surface area contributed by atoms with Crippen LogP contribution >= 0.6 is 24.0 Å². The van der Waals surface area contributed by atoms with Crippen LogP contribution in [0.4, 0.5) is 5.69 Å². The summed E-state index contributed by atoms with van der Waals surface area (Å²) in [5.41, 5.74) is 5.13. The third-order valence-corrected chi connectivity index (χ3v) is 6.69. The summed E-state index contributed by atoms with van der Waals surface area (Å²) in [6.07, 6.45) is 2.72. The van der Waals surface area contributed by atoms with Crippen LogP contribution in [0.3, 0.4) is 0 Å². The van der Waals surface area contributed by atoms with E-state index in [4.69, 9.17) is 12.2 Å². The first-order valence-corrected chi connectivity index (χ1v) is 12.0. The molecule has 0 unspecified atom stereocenters. The second-order valence-corrected chi connectivity index (χ2v) is 9.51. The molecular formula is C27H24N2O2S2. The molecule has 0 bridgehead atoms. The molecular weight excluding hydrogens is 448 g/mol. The SMILES string of the molecule is Cc1ccc(C=C2SC(=S)N(CCCC(=O)Nc3ccc(-c4ccccc4)cc3)C2=O)cc1. The molecule has 1 aliphatic rings. The molecule has 4 rings (SSSR count). The van der Waals surface area contributed by atoms with Gasteiger partial charge in [-0.25, -0.2) is 0 Å². The van der Waals surface area contributed by atoms with Crippen molar-refractivity contribution in [3.63, 3.8) is 0 Å². The number of hydrogen-bond acceptors (Lipinski definition) is 4. The predicted octanol–water partition coefficient (Wildman–Crippen LogP) is 6.28. The zero-order valence-electron chi connectivity index (χ0n) is 18.3. The summed E-state index contributed by atoms with van der Waals surface area (Å²) in [7, 11) is 0. The lowest BCUT2D eigenvalue weighted by Crippen LogP contribution is -2.29. The smallest absolute Gasteiger partial charge is 0.266 e. The molecule has 1 heterocycles. The molecule has 0 aliphatic carbocycles. The van der Waals surface area contributed by atoms with Crippen LogP contribution in [-0.4, -0.2) is 27.6 Å². The Labute approximate surface area is 203 Å². The zero-order valence-corrected chi connectivity index (χ0v) is 19.9. The van der Waals surface area contributed by atoms with Gasteiger partial charge in [-0.1, -0.05) is 96.3 Å². The summed E-state index contributed by atoms with van der Waals surface area (Å²) in [6, 6.07) is 25.9. The van der Waals surface area contributed by atoms with Crippen LogP contribution in [0.2, 0.25) is 0 Å². The van der Waals surface area contributed by atoms with Crippen molar-refractivity contribution in [3.05, 3.63) is 94.9 Å². The van der Waals surface area contributed by atoms with Gasteiger partial charge in [0.2, 0.25) is 5.91 Å². The fourth-order valence-corrected chi connectivity index (χ4v) is 4.81. The molecule has 166 valence electrons. The first-order chi connectivity index (χ1) is 16.0. The Hall–Kier alpha value is -3.22. The molecule has 33 heavy (non-hydrogen) atoms. The fraction of sp³-hybridized carbons (Fsp3) is 0.148. The van der Waals surface area contributed by atoms with Crippen molar-refractivity contribution in [2.45, 2.75) is 19.8 Å². The van der Waals surface area contributed by atoms with Gasteiger partial charge in [0.1, 0.15) is 4.32 Å². The van der Waals surface area contributed by atoms with Gasteiger partial charge >= 0.3 is 0 Å². The maximum absolute atomic E-state index is 12.8. The summed E-state index contributed by atoms with van der Waals surface area (Å²) >= 11 is 6.70. The summed E-state index contributed by atoms with van der Waals surface area (Å²) in [4.78, 5) is 27.3. The number of benzene rings is 3. The van der Waals surface area contributed by atoms with Gasteiger partial charge in [-0.15, -0.1) is 0 Å². The minimum Gasteiger partial charge on any atom is -0.326 e. The molecule has 0 radical (unpaired) electrons. The minimum absolute atomic E-state index is 0.0805. The monoisotopic (exact) mass is 472 g/mol. The van der Waals surface area contributed by atoms with Gasteiger partial charge in [-0.2, -0.15) is 0 Å². The van der Waals surface area contributed by atoms with Gasteiger partial charge in [0.05, 0.1) is 4.91 Å². The number of carbonyl (C=O) groups is 2. The van der Waals surface area contributed by atoms with E-state index in [9.17, 15) is 9.59 Å². The quantitative estimate of drug-likeness (QED) is 0.325. The summed E-state index contributed by atoms with van der Waals surface area (Å²) in [6.45, 7) is 2.45. The standard InChI is InChI=1S/C27H24N2O2S2/c1-19-9-11-20(12-10-19)18-24-26(31)29(27(32)33-24)17-5-8-25(30)28-23-15-13-22(14-16-23)21-6-3-2-4-7-21/h2-4,6-7,9-16,18H,5,8,17H2,1H3,(H,28,30). The average molecular weight is 473 g/mol. The van der Waals surface area contributed by atoms with Crippen molar-refractivity contribution in [2.24, 2.45) is 0 Å². The molecule has 1 saturated heterocycles. The molecule has 0 atom stereocenters. The Morgan fingerprint density at radius 1 is 0.970 bits per heavy atom. The van der Waals surface area contributed by atoms with Gasteiger partial charge in [0.15, 0.2) is 0 Å². The van der Waals surface area contributed by atoms with Crippen LogP contribution in [-0.2, 0) is 9.59 Å². The highest BCUT2D eigenvalue weighted by Crippen LogP contribution is 2.32. The lowest BCUT2D eigenvalue weighted by Gasteiger charge is -2.14. The van der Waals surface area contributed by atoms with Gasteiger partial charge < -0.3 is 5.32 Å². The van der Waals surface area contributed by atoms with Gasteiger partial charge in [-0.05, 0) is 48.2 Å². The lowest BCUT2D eigenvalue weighted by atomic mass is 10.1. The number of thiocarbonyl (C=S) groups is 1. The van der Waals surface area contributed by atoms with E-state index in [0.29, 0.717) is 28.6 Å². The number of amides is 2. The zero-order chi connectivity index (χ0) is 23.2. The average Bonchev–Trinajstić information content (AvgIpc) is 3.09. The number of anilines is 1.